The standard InChI is InChI=1S/C19H23N3O3S/c1-3-16-15-9-11-26-17(15)8-10-22(16)19(24)21-14-6-4-13(5-7-14)20-18(23)12-25-2/h4-7,9,11,16H,3,8,10,12H2,1-2H3,(H,20,23)(H,21,24)/t16-/m1/s1. The van der Waals surface area contributed by atoms with Crippen LogP contribution in [-0.2, 0) is 16.0 Å². The molecule has 3 amide bonds. The topological polar surface area (TPSA) is 70.7 Å². The minimum absolute atomic E-state index is 0.0103. The van der Waals surface area contributed by atoms with Crippen molar-refractivity contribution in [3.8, 4) is 0 Å². The van der Waals surface area contributed by atoms with Crippen LogP contribution >= 0.6 is 11.3 Å². The van der Waals surface area contributed by atoms with E-state index in [1.165, 1.54) is 17.6 Å². The molecule has 2 N–H and O–H groups in total. The number of nitrogens with one attached hydrogen (secondary N) is 2. The minimum Gasteiger partial charge on any atom is -0.375 e. The number of carbonyl (C=O) groups excluding carboxylic acids is 2. The third kappa shape index (κ3) is 4.05. The highest BCUT2D eigenvalue weighted by Crippen LogP contribution is 2.35. The molecule has 0 unspecified atom stereocenters. The molecule has 1 aliphatic rings. The Balaban J connectivity index is 1.64. The third-order valence-corrected chi connectivity index (χ3v) is 5.43. The summed E-state index contributed by atoms with van der Waals surface area (Å²) in [5.74, 6) is -0.213. The molecule has 6 nitrogen and oxygen atoms in total. The molecule has 0 fully saturated rings. The quantitative estimate of drug-likeness (QED) is 0.836. The lowest BCUT2D eigenvalue weighted by Crippen LogP contribution is -2.41. The number of nitrogens with zero attached hydrogens (tertiary/aromatic N) is 1. The zero-order chi connectivity index (χ0) is 18.5. The molecule has 1 aliphatic heterocycles. The zero-order valence-electron chi connectivity index (χ0n) is 15.0. The van der Waals surface area contributed by atoms with Gasteiger partial charge < -0.3 is 20.3 Å². The van der Waals surface area contributed by atoms with Crippen LogP contribution in [-0.4, -0.2) is 37.1 Å². The van der Waals surface area contributed by atoms with Crippen LogP contribution in [0.3, 0.4) is 0 Å². The molecule has 3 rings (SSSR count). The molecule has 0 radical (unpaired) electrons. The molecule has 2 aromatic rings. The van der Waals surface area contributed by atoms with E-state index in [4.69, 9.17) is 4.74 Å². The van der Waals surface area contributed by atoms with Gasteiger partial charge in [-0.05, 0) is 54.1 Å². The van der Waals surface area contributed by atoms with E-state index in [2.05, 4.69) is 29.0 Å². The Morgan fingerprint density at radius 1 is 1.19 bits per heavy atom. The molecule has 0 aliphatic carbocycles. The number of rotatable bonds is 5. The Morgan fingerprint density at radius 3 is 2.54 bits per heavy atom. The van der Waals surface area contributed by atoms with Gasteiger partial charge in [-0.15, -0.1) is 11.3 Å². The number of hydrogen-bond acceptors (Lipinski definition) is 4. The summed E-state index contributed by atoms with van der Waals surface area (Å²) in [6.07, 6.45) is 1.79. The maximum absolute atomic E-state index is 12.7. The Bertz CT molecular complexity index is 773. The largest absolute Gasteiger partial charge is 0.375 e. The number of amides is 3. The van der Waals surface area contributed by atoms with Gasteiger partial charge in [-0.2, -0.15) is 0 Å². The molecule has 2 heterocycles. The Hall–Kier alpha value is -2.38. The predicted molar refractivity (Wildman–Crippen MR) is 104 cm³/mol. The predicted octanol–water partition coefficient (Wildman–Crippen LogP) is 3.87. The lowest BCUT2D eigenvalue weighted by molar-refractivity contribution is -0.119. The highest BCUT2D eigenvalue weighted by atomic mass is 32.1. The van der Waals surface area contributed by atoms with Crippen molar-refractivity contribution in [1.29, 1.82) is 0 Å². The summed E-state index contributed by atoms with van der Waals surface area (Å²) in [4.78, 5) is 27.6. The molecule has 26 heavy (non-hydrogen) atoms. The van der Waals surface area contributed by atoms with Crippen molar-refractivity contribution in [1.82, 2.24) is 4.90 Å². The molecule has 138 valence electrons. The van der Waals surface area contributed by atoms with Crippen molar-refractivity contribution in [2.24, 2.45) is 0 Å². The van der Waals surface area contributed by atoms with E-state index in [1.807, 2.05) is 4.90 Å². The molecular formula is C19H23N3O3S. The van der Waals surface area contributed by atoms with Gasteiger partial charge in [0.05, 0.1) is 6.04 Å². The average Bonchev–Trinajstić information content (AvgIpc) is 3.11. The van der Waals surface area contributed by atoms with Crippen molar-refractivity contribution in [3.63, 3.8) is 0 Å². The van der Waals surface area contributed by atoms with E-state index in [1.54, 1.807) is 35.6 Å². The van der Waals surface area contributed by atoms with Crippen LogP contribution in [0.25, 0.3) is 0 Å². The lowest BCUT2D eigenvalue weighted by atomic mass is 9.98. The van der Waals surface area contributed by atoms with Gasteiger partial charge in [-0.1, -0.05) is 6.92 Å². The number of fused-ring (bicyclic) bond motifs is 1. The summed E-state index contributed by atoms with van der Waals surface area (Å²) >= 11 is 1.77. The first kappa shape index (κ1) is 18.4. The molecule has 0 bridgehead atoms. The normalized spacial score (nSPS) is 16.1. The van der Waals surface area contributed by atoms with Crippen LogP contribution in [0.2, 0.25) is 0 Å². The summed E-state index contributed by atoms with van der Waals surface area (Å²) in [6, 6.07) is 9.23. The number of anilines is 2. The first-order chi connectivity index (χ1) is 12.6. The van der Waals surface area contributed by atoms with E-state index < -0.39 is 0 Å². The van der Waals surface area contributed by atoms with Gasteiger partial charge in [0.25, 0.3) is 0 Å². The molecule has 1 aromatic carbocycles. The Kier molecular flexibility index (Phi) is 5.90. The highest BCUT2D eigenvalue weighted by molar-refractivity contribution is 7.10. The van der Waals surface area contributed by atoms with Crippen LogP contribution in [0, 0.1) is 0 Å². The zero-order valence-corrected chi connectivity index (χ0v) is 15.8. The molecule has 0 spiro atoms. The Morgan fingerprint density at radius 2 is 1.88 bits per heavy atom. The fourth-order valence-electron chi connectivity index (χ4n) is 3.24. The highest BCUT2D eigenvalue weighted by Gasteiger charge is 2.30. The first-order valence-corrected chi connectivity index (χ1v) is 9.53. The van der Waals surface area contributed by atoms with Gasteiger partial charge in [-0.3, -0.25) is 4.79 Å². The van der Waals surface area contributed by atoms with Crippen LogP contribution in [0.1, 0.15) is 29.8 Å². The van der Waals surface area contributed by atoms with E-state index in [9.17, 15) is 9.59 Å². The average molecular weight is 373 g/mol. The van der Waals surface area contributed by atoms with E-state index >= 15 is 0 Å². The second-order valence-electron chi connectivity index (χ2n) is 6.16. The smallest absolute Gasteiger partial charge is 0.322 e. The van der Waals surface area contributed by atoms with Crippen molar-refractivity contribution in [2.45, 2.75) is 25.8 Å². The maximum atomic E-state index is 12.7. The monoisotopic (exact) mass is 373 g/mol. The van der Waals surface area contributed by atoms with Crippen molar-refractivity contribution >= 4 is 34.6 Å². The summed E-state index contributed by atoms with van der Waals surface area (Å²) in [5.41, 5.74) is 2.64. The Labute approximate surface area is 157 Å². The number of hydrogen-bond donors (Lipinski definition) is 2. The number of urea groups is 1. The van der Waals surface area contributed by atoms with Crippen LogP contribution in [0.5, 0.6) is 0 Å². The number of methoxy groups -OCH3 is 1. The van der Waals surface area contributed by atoms with Gasteiger partial charge in [0.1, 0.15) is 6.61 Å². The molecule has 7 heteroatoms. The number of thiophene rings is 1. The van der Waals surface area contributed by atoms with E-state index in [0.29, 0.717) is 11.4 Å². The van der Waals surface area contributed by atoms with Gasteiger partial charge in [-0.25, -0.2) is 4.79 Å². The SMILES string of the molecule is CC[C@@H]1c2ccsc2CCN1C(=O)Nc1ccc(NC(=O)COC)cc1. The van der Waals surface area contributed by atoms with Crippen LogP contribution in [0.4, 0.5) is 16.2 Å². The van der Waals surface area contributed by atoms with Gasteiger partial charge >= 0.3 is 6.03 Å². The second kappa shape index (κ2) is 8.33. The third-order valence-electron chi connectivity index (χ3n) is 4.44. The van der Waals surface area contributed by atoms with E-state index in [-0.39, 0.29) is 24.6 Å². The second-order valence-corrected chi connectivity index (χ2v) is 7.16. The van der Waals surface area contributed by atoms with Gasteiger partial charge in [0, 0.05) is 29.9 Å². The van der Waals surface area contributed by atoms with Crippen molar-refractivity contribution < 1.29 is 14.3 Å². The van der Waals surface area contributed by atoms with Gasteiger partial charge in [0.2, 0.25) is 5.91 Å². The van der Waals surface area contributed by atoms with E-state index in [0.717, 1.165) is 19.4 Å². The first-order valence-electron chi connectivity index (χ1n) is 8.65. The fourth-order valence-corrected chi connectivity index (χ4v) is 4.17. The number of benzene rings is 1. The summed E-state index contributed by atoms with van der Waals surface area (Å²) in [7, 11) is 1.47. The molecule has 1 aromatic heterocycles. The molecule has 0 saturated heterocycles. The van der Waals surface area contributed by atoms with Crippen LogP contribution < -0.4 is 10.6 Å². The van der Waals surface area contributed by atoms with Gasteiger partial charge in [0.15, 0.2) is 0 Å². The number of carbonyl (C=O) groups is 2. The van der Waals surface area contributed by atoms with Crippen LogP contribution in [0.15, 0.2) is 35.7 Å². The summed E-state index contributed by atoms with van der Waals surface area (Å²) in [5, 5.41) is 7.79. The molecule has 0 saturated carbocycles. The fraction of sp³-hybridized carbons (Fsp3) is 0.368. The molecule has 1 atom stereocenters. The lowest BCUT2D eigenvalue weighted by Gasteiger charge is -2.35. The minimum atomic E-state index is -0.213. The molecular weight excluding hydrogens is 350 g/mol. The summed E-state index contributed by atoms with van der Waals surface area (Å²) < 4.78 is 4.79. The maximum Gasteiger partial charge on any atom is 0.322 e. The van der Waals surface area contributed by atoms with Crippen molar-refractivity contribution in [2.75, 3.05) is 30.9 Å². The summed E-state index contributed by atoms with van der Waals surface area (Å²) in [6.45, 7) is 2.84. The number of ether oxygens (including phenoxy) is 1. The van der Waals surface area contributed by atoms with Crippen molar-refractivity contribution in [3.05, 3.63) is 46.2 Å².